The first-order valence-electron chi connectivity index (χ1n) is 8.84. The van der Waals surface area contributed by atoms with Gasteiger partial charge in [0.2, 0.25) is 0 Å². The maximum Gasteiger partial charge on any atom is 0.256 e. The molecule has 0 fully saturated rings. The maximum atomic E-state index is 12.8. The summed E-state index contributed by atoms with van der Waals surface area (Å²) in [6.07, 6.45) is 0.568. The molecule has 5 rings (SSSR count). The first-order chi connectivity index (χ1) is 13.1. The monoisotopic (exact) mass is 443 g/mol. The van der Waals surface area contributed by atoms with Crippen LogP contribution in [0.4, 0.5) is 5.00 Å². The molecule has 3 aromatic rings. The topological polar surface area (TPSA) is 57.5 Å². The number of thiophene rings is 1. The summed E-state index contributed by atoms with van der Waals surface area (Å²) in [4.78, 5) is 16.4. The summed E-state index contributed by atoms with van der Waals surface area (Å²) in [6.45, 7) is 1.89. The van der Waals surface area contributed by atoms with E-state index in [4.69, 9.17) is 4.42 Å². The molecule has 7 heteroatoms. The first-order valence-corrected chi connectivity index (χ1v) is 10.5. The summed E-state index contributed by atoms with van der Waals surface area (Å²) in [5, 5.41) is 7.46. The van der Waals surface area contributed by atoms with E-state index < -0.39 is 0 Å². The lowest BCUT2D eigenvalue weighted by Crippen LogP contribution is -2.38. The van der Waals surface area contributed by atoms with E-state index in [2.05, 4.69) is 38.5 Å². The molecule has 138 valence electrons. The Morgan fingerprint density at radius 2 is 2.00 bits per heavy atom. The van der Waals surface area contributed by atoms with E-state index in [0.717, 1.165) is 45.9 Å². The van der Waals surface area contributed by atoms with Crippen LogP contribution in [0.2, 0.25) is 0 Å². The summed E-state index contributed by atoms with van der Waals surface area (Å²) in [7, 11) is 2.12. The number of likely N-dealkylation sites (N-methyl/N-ethyl adjacent to an activating group) is 1. The molecule has 0 spiro atoms. The highest BCUT2D eigenvalue weighted by atomic mass is 79.9. The SMILES string of the molecule is CN1CCc2c(sc3c2C(=O)N[C@H](c2ccc(-c4ccc(Br)cc4)o2)N3)C1. The van der Waals surface area contributed by atoms with Crippen molar-refractivity contribution in [1.29, 1.82) is 0 Å². The summed E-state index contributed by atoms with van der Waals surface area (Å²) in [5.41, 5.74) is 3.02. The van der Waals surface area contributed by atoms with Gasteiger partial charge >= 0.3 is 0 Å². The maximum absolute atomic E-state index is 12.8. The molecule has 2 N–H and O–H groups in total. The Hall–Kier alpha value is -2.09. The summed E-state index contributed by atoms with van der Waals surface area (Å²) in [6, 6.07) is 11.8. The quantitative estimate of drug-likeness (QED) is 0.606. The van der Waals surface area contributed by atoms with Crippen molar-refractivity contribution in [3.8, 4) is 11.3 Å². The molecule has 0 unspecified atom stereocenters. The van der Waals surface area contributed by atoms with Crippen LogP contribution in [0.1, 0.15) is 32.7 Å². The molecule has 27 heavy (non-hydrogen) atoms. The zero-order chi connectivity index (χ0) is 18.5. The van der Waals surface area contributed by atoms with Crippen molar-refractivity contribution >= 4 is 38.2 Å². The van der Waals surface area contributed by atoms with Crippen molar-refractivity contribution in [3.63, 3.8) is 0 Å². The number of carbonyl (C=O) groups is 1. The van der Waals surface area contributed by atoms with E-state index in [-0.39, 0.29) is 12.1 Å². The molecule has 1 amide bonds. The molecule has 5 nitrogen and oxygen atoms in total. The van der Waals surface area contributed by atoms with Crippen LogP contribution in [0.5, 0.6) is 0 Å². The molecule has 0 saturated carbocycles. The van der Waals surface area contributed by atoms with Gasteiger partial charge < -0.3 is 20.0 Å². The van der Waals surface area contributed by atoms with Crippen LogP contribution in [0, 0.1) is 0 Å². The van der Waals surface area contributed by atoms with Crippen molar-refractivity contribution in [3.05, 3.63) is 62.6 Å². The smallest absolute Gasteiger partial charge is 0.256 e. The number of hydrogen-bond donors (Lipinski definition) is 2. The van der Waals surface area contributed by atoms with Crippen LogP contribution >= 0.6 is 27.3 Å². The lowest BCUT2D eigenvalue weighted by atomic mass is 10.0. The molecule has 2 aliphatic heterocycles. The summed E-state index contributed by atoms with van der Waals surface area (Å²) >= 11 is 5.13. The zero-order valence-electron chi connectivity index (χ0n) is 14.7. The third-order valence-electron chi connectivity index (χ3n) is 5.07. The molecule has 4 heterocycles. The van der Waals surface area contributed by atoms with E-state index in [0.29, 0.717) is 5.76 Å². The number of nitrogens with one attached hydrogen (secondary N) is 2. The Labute approximate surface area is 169 Å². The van der Waals surface area contributed by atoms with Crippen molar-refractivity contribution < 1.29 is 9.21 Å². The second-order valence-corrected chi connectivity index (χ2v) is 8.98. The molecular weight excluding hydrogens is 426 g/mol. The fraction of sp³-hybridized carbons (Fsp3) is 0.250. The minimum atomic E-state index is -0.355. The van der Waals surface area contributed by atoms with Crippen LogP contribution in [0.3, 0.4) is 0 Å². The van der Waals surface area contributed by atoms with E-state index in [1.165, 1.54) is 10.4 Å². The lowest BCUT2D eigenvalue weighted by Gasteiger charge is -2.26. The number of halogens is 1. The molecular formula is C20H18BrN3O2S. The number of furan rings is 1. The number of anilines is 1. The molecule has 1 aromatic carbocycles. The van der Waals surface area contributed by atoms with Gasteiger partial charge in [0.25, 0.3) is 5.91 Å². The standard InChI is InChI=1S/C20H18BrN3O2S/c1-24-9-8-13-16(10-24)27-20-17(13)19(25)22-18(23-20)15-7-6-14(26-15)11-2-4-12(21)5-3-11/h2-7,18,23H,8-10H2,1H3,(H,22,25)/t18-/m0/s1. The largest absolute Gasteiger partial charge is 0.457 e. The molecule has 2 aromatic heterocycles. The number of hydrogen-bond acceptors (Lipinski definition) is 5. The number of amides is 1. The predicted octanol–water partition coefficient (Wildman–Crippen LogP) is 4.61. The van der Waals surface area contributed by atoms with Gasteiger partial charge in [0.15, 0.2) is 6.17 Å². The Balaban J connectivity index is 1.44. The van der Waals surface area contributed by atoms with Gasteiger partial charge in [0, 0.05) is 28.0 Å². The number of benzene rings is 1. The highest BCUT2D eigenvalue weighted by Gasteiger charge is 2.33. The van der Waals surface area contributed by atoms with Gasteiger partial charge in [-0.25, -0.2) is 0 Å². The van der Waals surface area contributed by atoms with Crippen LogP contribution in [0.25, 0.3) is 11.3 Å². The van der Waals surface area contributed by atoms with Crippen molar-refractivity contribution in [1.82, 2.24) is 10.2 Å². The molecule has 0 radical (unpaired) electrons. The van der Waals surface area contributed by atoms with Crippen LogP contribution in [-0.2, 0) is 13.0 Å². The number of nitrogens with zero attached hydrogens (tertiary/aromatic N) is 1. The predicted molar refractivity (Wildman–Crippen MR) is 110 cm³/mol. The van der Waals surface area contributed by atoms with E-state index in [9.17, 15) is 4.79 Å². The fourth-order valence-electron chi connectivity index (χ4n) is 3.66. The first kappa shape index (κ1) is 17.0. The number of rotatable bonds is 2. The molecule has 2 aliphatic rings. The van der Waals surface area contributed by atoms with Gasteiger partial charge in [-0.2, -0.15) is 0 Å². The van der Waals surface area contributed by atoms with Crippen LogP contribution in [0.15, 0.2) is 45.3 Å². The highest BCUT2D eigenvalue weighted by molar-refractivity contribution is 9.10. The molecule has 0 saturated heterocycles. The van der Waals surface area contributed by atoms with Gasteiger partial charge in [0.1, 0.15) is 16.5 Å². The summed E-state index contributed by atoms with van der Waals surface area (Å²) in [5.74, 6) is 1.47. The van der Waals surface area contributed by atoms with Crippen molar-refractivity contribution in [2.24, 2.45) is 0 Å². The Morgan fingerprint density at radius 3 is 2.81 bits per heavy atom. The zero-order valence-corrected chi connectivity index (χ0v) is 17.1. The van der Waals surface area contributed by atoms with Gasteiger partial charge in [-0.3, -0.25) is 4.79 Å². The third kappa shape index (κ3) is 2.99. The minimum absolute atomic E-state index is 0.0163. The normalized spacial score (nSPS) is 19.2. The van der Waals surface area contributed by atoms with E-state index >= 15 is 0 Å². The lowest BCUT2D eigenvalue weighted by molar-refractivity contribution is 0.0930. The highest BCUT2D eigenvalue weighted by Crippen LogP contribution is 2.41. The van der Waals surface area contributed by atoms with Gasteiger partial charge in [-0.15, -0.1) is 11.3 Å². The van der Waals surface area contributed by atoms with Crippen molar-refractivity contribution in [2.75, 3.05) is 18.9 Å². The number of carbonyl (C=O) groups excluding carboxylic acids is 1. The molecule has 0 bridgehead atoms. The van der Waals surface area contributed by atoms with E-state index in [1.54, 1.807) is 11.3 Å². The molecule has 1 atom stereocenters. The molecule has 0 aliphatic carbocycles. The van der Waals surface area contributed by atoms with Gasteiger partial charge in [-0.05, 0) is 43.3 Å². The second-order valence-electron chi connectivity index (χ2n) is 6.96. The Bertz CT molecular complexity index is 1020. The van der Waals surface area contributed by atoms with Crippen LogP contribution in [-0.4, -0.2) is 24.4 Å². The van der Waals surface area contributed by atoms with E-state index in [1.807, 2.05) is 36.4 Å². The average molecular weight is 444 g/mol. The third-order valence-corrected chi connectivity index (χ3v) is 6.74. The number of fused-ring (bicyclic) bond motifs is 3. The van der Waals surface area contributed by atoms with Crippen molar-refractivity contribution in [2.45, 2.75) is 19.1 Å². The fourth-order valence-corrected chi connectivity index (χ4v) is 5.28. The van der Waals surface area contributed by atoms with Gasteiger partial charge in [-0.1, -0.05) is 28.1 Å². The average Bonchev–Trinajstić information content (AvgIpc) is 3.26. The Kier molecular flexibility index (Phi) is 4.11. The summed E-state index contributed by atoms with van der Waals surface area (Å²) < 4.78 is 7.06. The van der Waals surface area contributed by atoms with Crippen LogP contribution < -0.4 is 10.6 Å². The van der Waals surface area contributed by atoms with Gasteiger partial charge in [0.05, 0.1) is 5.56 Å². The second kappa shape index (κ2) is 6.51. The minimum Gasteiger partial charge on any atom is -0.457 e. The Morgan fingerprint density at radius 1 is 1.19 bits per heavy atom.